The molecule has 2 nitrogen and oxygen atoms in total. The van der Waals surface area contributed by atoms with E-state index in [9.17, 15) is 0 Å². The molecule has 0 aliphatic heterocycles. The minimum absolute atomic E-state index is 0.619. The van der Waals surface area contributed by atoms with E-state index in [4.69, 9.17) is 11.6 Å². The second kappa shape index (κ2) is 6.41. The van der Waals surface area contributed by atoms with E-state index in [2.05, 4.69) is 40.2 Å². The molecule has 0 N–H and O–H groups in total. The number of rotatable bonds is 5. The molecule has 2 rings (SSSR count). The molecule has 94 valence electrons. The van der Waals surface area contributed by atoms with Crippen molar-refractivity contribution in [1.82, 2.24) is 4.98 Å². The molecule has 3 heteroatoms. The van der Waals surface area contributed by atoms with Gasteiger partial charge in [0.15, 0.2) is 0 Å². The highest BCUT2D eigenvalue weighted by Gasteiger charge is 2.07. The number of aromatic nitrogens is 1. The van der Waals surface area contributed by atoms with E-state index in [0.29, 0.717) is 5.88 Å². The topological polar surface area (TPSA) is 16.1 Å². The number of benzene rings is 1. The summed E-state index contributed by atoms with van der Waals surface area (Å²) in [6, 6.07) is 14.5. The lowest BCUT2D eigenvalue weighted by atomic mass is 10.2. The average Bonchev–Trinajstić information content (AvgIpc) is 2.39. The highest BCUT2D eigenvalue weighted by molar-refractivity contribution is 6.18. The summed E-state index contributed by atoms with van der Waals surface area (Å²) in [5.41, 5.74) is 3.49. The number of hydrogen-bond acceptors (Lipinski definition) is 2. The van der Waals surface area contributed by atoms with Crippen LogP contribution in [0.4, 0.5) is 5.69 Å². The lowest BCUT2D eigenvalue weighted by Gasteiger charge is -2.24. The number of hydrogen-bond donors (Lipinski definition) is 0. The van der Waals surface area contributed by atoms with E-state index in [0.717, 1.165) is 18.8 Å². The highest BCUT2D eigenvalue weighted by Crippen LogP contribution is 2.17. The monoisotopic (exact) mass is 260 g/mol. The zero-order valence-corrected chi connectivity index (χ0v) is 11.3. The maximum atomic E-state index is 5.89. The molecular formula is C15H17ClN2. The maximum Gasteiger partial charge on any atom is 0.0429 e. The molecule has 1 aromatic carbocycles. The molecule has 18 heavy (non-hydrogen) atoms. The van der Waals surface area contributed by atoms with Crippen LogP contribution in [-0.2, 0) is 6.54 Å². The maximum absolute atomic E-state index is 5.89. The Morgan fingerprint density at radius 3 is 2.61 bits per heavy atom. The van der Waals surface area contributed by atoms with Gasteiger partial charge in [0.2, 0.25) is 0 Å². The molecule has 0 spiro atoms. The Kier molecular flexibility index (Phi) is 4.59. The van der Waals surface area contributed by atoms with E-state index in [-0.39, 0.29) is 0 Å². The third-order valence-corrected chi connectivity index (χ3v) is 2.99. The van der Waals surface area contributed by atoms with Crippen LogP contribution in [-0.4, -0.2) is 17.4 Å². The second-order valence-corrected chi connectivity index (χ2v) is 4.63. The molecule has 0 aliphatic carbocycles. The van der Waals surface area contributed by atoms with E-state index < -0.39 is 0 Å². The van der Waals surface area contributed by atoms with Gasteiger partial charge in [-0.05, 0) is 24.6 Å². The largest absolute Gasteiger partial charge is 0.366 e. The molecule has 0 amide bonds. The van der Waals surface area contributed by atoms with Gasteiger partial charge < -0.3 is 4.90 Å². The molecule has 1 aromatic heterocycles. The number of alkyl halides is 1. The van der Waals surface area contributed by atoms with Gasteiger partial charge in [-0.3, -0.25) is 4.98 Å². The SMILES string of the molecule is Cc1cc(N(CCCl)Cc2ccccc2)ccn1. The zero-order valence-electron chi connectivity index (χ0n) is 10.5. The van der Waals surface area contributed by atoms with E-state index in [1.807, 2.05) is 25.3 Å². The number of nitrogens with zero attached hydrogens (tertiary/aromatic N) is 2. The van der Waals surface area contributed by atoms with Crippen LogP contribution in [0, 0.1) is 6.92 Å². The van der Waals surface area contributed by atoms with Gasteiger partial charge in [0.25, 0.3) is 0 Å². The van der Waals surface area contributed by atoms with Gasteiger partial charge in [-0.1, -0.05) is 30.3 Å². The Hall–Kier alpha value is -1.54. The summed E-state index contributed by atoms with van der Waals surface area (Å²) in [7, 11) is 0. The van der Waals surface area contributed by atoms with Crippen molar-refractivity contribution in [3.8, 4) is 0 Å². The lowest BCUT2D eigenvalue weighted by Crippen LogP contribution is -2.24. The van der Waals surface area contributed by atoms with Crippen LogP contribution in [0.1, 0.15) is 11.3 Å². The van der Waals surface area contributed by atoms with Gasteiger partial charge in [-0.2, -0.15) is 0 Å². The van der Waals surface area contributed by atoms with Crippen LogP contribution in [0.2, 0.25) is 0 Å². The minimum Gasteiger partial charge on any atom is -0.366 e. The van der Waals surface area contributed by atoms with Gasteiger partial charge >= 0.3 is 0 Å². The number of aryl methyl sites for hydroxylation is 1. The Labute approximate surface area is 113 Å². The van der Waals surface area contributed by atoms with Crippen LogP contribution in [0.15, 0.2) is 48.7 Å². The molecule has 0 saturated heterocycles. The first-order chi connectivity index (χ1) is 8.79. The standard InChI is InChI=1S/C15H17ClN2/c1-13-11-15(7-9-17-13)18(10-8-16)12-14-5-3-2-4-6-14/h2-7,9,11H,8,10,12H2,1H3. The van der Waals surface area contributed by atoms with Crippen LogP contribution >= 0.6 is 11.6 Å². The van der Waals surface area contributed by atoms with E-state index >= 15 is 0 Å². The fraction of sp³-hybridized carbons (Fsp3) is 0.267. The third-order valence-electron chi connectivity index (χ3n) is 2.82. The second-order valence-electron chi connectivity index (χ2n) is 4.25. The molecule has 0 fully saturated rings. The van der Waals surface area contributed by atoms with Crippen LogP contribution in [0.25, 0.3) is 0 Å². The highest BCUT2D eigenvalue weighted by atomic mass is 35.5. The molecule has 0 radical (unpaired) electrons. The van der Waals surface area contributed by atoms with E-state index in [1.54, 1.807) is 0 Å². The summed E-state index contributed by atoms with van der Waals surface area (Å²) in [5, 5.41) is 0. The van der Waals surface area contributed by atoms with Crippen LogP contribution in [0.3, 0.4) is 0 Å². The first kappa shape index (κ1) is 12.9. The Morgan fingerprint density at radius 1 is 1.17 bits per heavy atom. The molecule has 0 atom stereocenters. The predicted octanol–water partition coefficient (Wildman–Crippen LogP) is 3.64. The van der Waals surface area contributed by atoms with E-state index in [1.165, 1.54) is 11.3 Å². The molecule has 0 bridgehead atoms. The Bertz CT molecular complexity index is 485. The van der Waals surface area contributed by atoms with Crippen LogP contribution in [0.5, 0.6) is 0 Å². The van der Waals surface area contributed by atoms with Crippen molar-refractivity contribution in [1.29, 1.82) is 0 Å². The van der Waals surface area contributed by atoms with Crippen molar-refractivity contribution >= 4 is 17.3 Å². The summed E-state index contributed by atoms with van der Waals surface area (Å²) in [4.78, 5) is 6.50. The molecule has 0 saturated carbocycles. The number of anilines is 1. The van der Waals surface area contributed by atoms with Crippen molar-refractivity contribution in [3.63, 3.8) is 0 Å². The molecule has 0 unspecified atom stereocenters. The van der Waals surface area contributed by atoms with Gasteiger partial charge in [0.1, 0.15) is 0 Å². The first-order valence-corrected chi connectivity index (χ1v) is 6.60. The first-order valence-electron chi connectivity index (χ1n) is 6.07. The van der Waals surface area contributed by atoms with Gasteiger partial charge in [-0.25, -0.2) is 0 Å². The minimum atomic E-state index is 0.619. The average molecular weight is 261 g/mol. The van der Waals surface area contributed by atoms with Crippen molar-refractivity contribution < 1.29 is 0 Å². The molecule has 0 aliphatic rings. The normalized spacial score (nSPS) is 10.3. The predicted molar refractivity (Wildman–Crippen MR) is 77.2 cm³/mol. The Morgan fingerprint density at radius 2 is 1.94 bits per heavy atom. The molecule has 2 aromatic rings. The number of halogens is 1. The molecular weight excluding hydrogens is 244 g/mol. The summed E-state index contributed by atoms with van der Waals surface area (Å²) in [5.74, 6) is 0.619. The fourth-order valence-electron chi connectivity index (χ4n) is 1.93. The lowest BCUT2D eigenvalue weighted by molar-refractivity contribution is 0.833. The third kappa shape index (κ3) is 3.47. The van der Waals surface area contributed by atoms with Crippen molar-refractivity contribution in [2.75, 3.05) is 17.3 Å². The van der Waals surface area contributed by atoms with Crippen molar-refractivity contribution in [3.05, 3.63) is 59.9 Å². The van der Waals surface area contributed by atoms with Gasteiger partial charge in [0, 0.05) is 36.5 Å². The van der Waals surface area contributed by atoms with Crippen molar-refractivity contribution in [2.45, 2.75) is 13.5 Å². The quantitative estimate of drug-likeness (QED) is 0.763. The summed E-state index contributed by atoms with van der Waals surface area (Å²) >= 11 is 5.89. The van der Waals surface area contributed by atoms with Gasteiger partial charge in [-0.15, -0.1) is 11.6 Å². The fourth-order valence-corrected chi connectivity index (χ4v) is 2.14. The zero-order chi connectivity index (χ0) is 12.8. The number of pyridine rings is 1. The molecule has 1 heterocycles. The van der Waals surface area contributed by atoms with Crippen molar-refractivity contribution in [2.24, 2.45) is 0 Å². The van der Waals surface area contributed by atoms with Gasteiger partial charge in [0.05, 0.1) is 0 Å². The summed E-state index contributed by atoms with van der Waals surface area (Å²) in [6.45, 7) is 3.71. The van der Waals surface area contributed by atoms with Crippen LogP contribution < -0.4 is 4.90 Å². The summed E-state index contributed by atoms with van der Waals surface area (Å²) < 4.78 is 0. The Balaban J connectivity index is 2.18. The summed E-state index contributed by atoms with van der Waals surface area (Å²) in [6.07, 6.45) is 1.84. The smallest absolute Gasteiger partial charge is 0.0429 e.